The predicted molar refractivity (Wildman–Crippen MR) is 62.3 cm³/mol. The summed E-state index contributed by atoms with van der Waals surface area (Å²) in [5.41, 5.74) is -0.219. The van der Waals surface area contributed by atoms with Gasteiger partial charge in [0, 0.05) is 18.7 Å². The molecule has 5 nitrogen and oxygen atoms in total. The van der Waals surface area contributed by atoms with Crippen molar-refractivity contribution in [2.75, 3.05) is 0 Å². The van der Waals surface area contributed by atoms with Crippen molar-refractivity contribution in [2.24, 2.45) is 0 Å². The van der Waals surface area contributed by atoms with Gasteiger partial charge in [0.15, 0.2) is 17.3 Å². The van der Waals surface area contributed by atoms with E-state index in [2.05, 4.69) is 9.97 Å². The summed E-state index contributed by atoms with van der Waals surface area (Å²) in [6, 6.07) is 1.38. The zero-order chi connectivity index (χ0) is 13.3. The summed E-state index contributed by atoms with van der Waals surface area (Å²) in [6.45, 7) is 1.24. The molecule has 0 aliphatic rings. The molecule has 0 radical (unpaired) electrons. The fourth-order valence-corrected chi connectivity index (χ4v) is 2.35. The molecule has 0 aromatic carbocycles. The van der Waals surface area contributed by atoms with Crippen LogP contribution in [0.15, 0.2) is 18.5 Å². The maximum atomic E-state index is 13.5. The van der Waals surface area contributed by atoms with E-state index >= 15 is 0 Å². The largest absolute Gasteiger partial charge is 0.476 e. The van der Waals surface area contributed by atoms with Crippen molar-refractivity contribution in [2.45, 2.75) is 6.92 Å². The molecule has 0 aliphatic heterocycles. The van der Waals surface area contributed by atoms with Crippen LogP contribution in [0.25, 0.3) is 10.6 Å². The molecule has 2 rings (SSSR count). The molecule has 2 heterocycles. The molecule has 2 aromatic heterocycles. The van der Waals surface area contributed by atoms with Crippen molar-refractivity contribution in [3.8, 4) is 10.6 Å². The second kappa shape index (κ2) is 4.61. The van der Waals surface area contributed by atoms with Gasteiger partial charge in [-0.05, 0) is 6.07 Å². The van der Waals surface area contributed by atoms with Gasteiger partial charge in [0.05, 0.1) is 6.20 Å². The van der Waals surface area contributed by atoms with E-state index in [0.717, 1.165) is 17.5 Å². The average Bonchev–Trinajstić information content (AvgIpc) is 2.74. The van der Waals surface area contributed by atoms with E-state index in [1.807, 2.05) is 0 Å². The Morgan fingerprint density at radius 3 is 2.67 bits per heavy atom. The Labute approximate surface area is 105 Å². The van der Waals surface area contributed by atoms with E-state index < -0.39 is 17.6 Å². The number of hydrogen-bond donors (Lipinski definition) is 1. The van der Waals surface area contributed by atoms with Crippen LogP contribution >= 0.6 is 11.3 Å². The average molecular weight is 266 g/mol. The first-order chi connectivity index (χ1) is 8.50. The van der Waals surface area contributed by atoms with Crippen LogP contribution in [-0.4, -0.2) is 26.8 Å². The lowest BCUT2D eigenvalue weighted by molar-refractivity contribution is 0.0687. The maximum Gasteiger partial charge on any atom is 0.356 e. The molecule has 0 spiro atoms. The van der Waals surface area contributed by atoms with Crippen LogP contribution in [0.1, 0.15) is 27.1 Å². The number of Topliss-reactive ketones (excluding diaryl/α,β-unsaturated/α-hetero) is 1. The first kappa shape index (κ1) is 12.3. The van der Waals surface area contributed by atoms with Gasteiger partial charge in [-0.25, -0.2) is 14.2 Å². The molecule has 92 valence electrons. The summed E-state index contributed by atoms with van der Waals surface area (Å²) in [7, 11) is 0. The van der Waals surface area contributed by atoms with Gasteiger partial charge in [-0.15, -0.1) is 11.3 Å². The number of nitrogens with zero attached hydrogens (tertiary/aromatic N) is 2. The SMILES string of the molecule is CC(=O)c1sc(-c2ccncc2F)nc1C(=O)O. The number of aromatic carboxylic acids is 1. The number of carbonyl (C=O) groups excluding carboxylic acids is 1. The number of halogens is 1. The number of carboxylic acids is 1. The predicted octanol–water partition coefficient (Wildman–Crippen LogP) is 2.25. The molecule has 1 N–H and O–H groups in total. The minimum atomic E-state index is -1.31. The Bertz CT molecular complexity index is 607. The highest BCUT2D eigenvalue weighted by atomic mass is 32.1. The van der Waals surface area contributed by atoms with Crippen molar-refractivity contribution < 1.29 is 19.1 Å². The molecular formula is C11H7FN2O3S. The molecule has 0 fully saturated rings. The third-order valence-corrected chi connectivity index (χ3v) is 3.34. The van der Waals surface area contributed by atoms with Crippen molar-refractivity contribution >= 4 is 23.1 Å². The number of carbonyl (C=O) groups is 2. The van der Waals surface area contributed by atoms with Crippen LogP contribution < -0.4 is 0 Å². The first-order valence-corrected chi connectivity index (χ1v) is 5.67. The summed E-state index contributed by atoms with van der Waals surface area (Å²) in [5, 5.41) is 9.08. The van der Waals surface area contributed by atoms with E-state index in [-0.39, 0.29) is 21.1 Å². The zero-order valence-electron chi connectivity index (χ0n) is 9.18. The van der Waals surface area contributed by atoms with Crippen LogP contribution in [0.2, 0.25) is 0 Å². The Hall–Kier alpha value is -2.15. The summed E-state index contributed by atoms with van der Waals surface area (Å²) in [5.74, 6) is -2.33. The molecule has 7 heteroatoms. The van der Waals surface area contributed by atoms with Gasteiger partial charge >= 0.3 is 5.97 Å². The molecule has 0 aliphatic carbocycles. The minimum Gasteiger partial charge on any atom is -0.476 e. The Morgan fingerprint density at radius 2 is 2.17 bits per heavy atom. The van der Waals surface area contributed by atoms with Gasteiger partial charge < -0.3 is 5.11 Å². The molecule has 0 atom stereocenters. The van der Waals surface area contributed by atoms with Gasteiger partial charge in [0.25, 0.3) is 0 Å². The monoisotopic (exact) mass is 266 g/mol. The number of aromatic nitrogens is 2. The van der Waals surface area contributed by atoms with Crippen LogP contribution in [0, 0.1) is 5.82 Å². The lowest BCUT2D eigenvalue weighted by Crippen LogP contribution is -2.03. The number of thiazole rings is 1. The molecule has 0 amide bonds. The normalized spacial score (nSPS) is 10.3. The lowest BCUT2D eigenvalue weighted by atomic mass is 10.2. The van der Waals surface area contributed by atoms with Gasteiger partial charge in [-0.2, -0.15) is 0 Å². The van der Waals surface area contributed by atoms with Gasteiger partial charge in [0.2, 0.25) is 0 Å². The quantitative estimate of drug-likeness (QED) is 0.862. The molecule has 2 aromatic rings. The number of rotatable bonds is 3. The van der Waals surface area contributed by atoms with Crippen molar-refractivity contribution in [1.29, 1.82) is 0 Å². The third kappa shape index (κ3) is 2.12. The van der Waals surface area contributed by atoms with Crippen LogP contribution in [0.5, 0.6) is 0 Å². The van der Waals surface area contributed by atoms with Gasteiger partial charge in [-0.1, -0.05) is 0 Å². The van der Waals surface area contributed by atoms with Crippen LogP contribution in [-0.2, 0) is 0 Å². The van der Waals surface area contributed by atoms with Crippen molar-refractivity contribution in [3.05, 3.63) is 34.8 Å². The fourth-order valence-electron chi connectivity index (χ4n) is 1.37. The second-order valence-corrected chi connectivity index (χ2v) is 4.41. The van der Waals surface area contributed by atoms with Crippen LogP contribution in [0.3, 0.4) is 0 Å². The van der Waals surface area contributed by atoms with E-state index in [0.29, 0.717) is 0 Å². The topological polar surface area (TPSA) is 80.2 Å². The van der Waals surface area contributed by atoms with E-state index in [9.17, 15) is 14.0 Å². The molecular weight excluding hydrogens is 259 g/mol. The Balaban J connectivity index is 2.61. The smallest absolute Gasteiger partial charge is 0.356 e. The lowest BCUT2D eigenvalue weighted by Gasteiger charge is -1.95. The number of carboxylic acid groups (broad SMARTS) is 1. The molecule has 18 heavy (non-hydrogen) atoms. The Kier molecular flexibility index (Phi) is 3.15. The highest BCUT2D eigenvalue weighted by Gasteiger charge is 2.22. The summed E-state index contributed by atoms with van der Waals surface area (Å²) in [6.07, 6.45) is 2.37. The number of pyridine rings is 1. The molecule has 0 saturated heterocycles. The molecule has 0 unspecified atom stereocenters. The first-order valence-electron chi connectivity index (χ1n) is 4.85. The summed E-state index contributed by atoms with van der Waals surface area (Å²) >= 11 is 0.854. The maximum absolute atomic E-state index is 13.5. The van der Waals surface area contributed by atoms with Crippen molar-refractivity contribution in [1.82, 2.24) is 9.97 Å². The number of ketones is 1. The van der Waals surface area contributed by atoms with Crippen molar-refractivity contribution in [3.63, 3.8) is 0 Å². The van der Waals surface area contributed by atoms with E-state index in [1.54, 1.807) is 0 Å². The summed E-state index contributed by atoms with van der Waals surface area (Å²) in [4.78, 5) is 29.6. The molecule has 0 saturated carbocycles. The van der Waals surface area contributed by atoms with Gasteiger partial charge in [-0.3, -0.25) is 9.78 Å². The zero-order valence-corrected chi connectivity index (χ0v) is 9.99. The minimum absolute atomic E-state index is 0.00807. The highest BCUT2D eigenvalue weighted by molar-refractivity contribution is 7.17. The molecule has 0 bridgehead atoms. The Morgan fingerprint density at radius 1 is 1.44 bits per heavy atom. The second-order valence-electron chi connectivity index (χ2n) is 3.41. The van der Waals surface area contributed by atoms with Gasteiger partial charge in [0.1, 0.15) is 9.88 Å². The third-order valence-electron chi connectivity index (χ3n) is 2.15. The fraction of sp³-hybridized carbons (Fsp3) is 0.0909. The van der Waals surface area contributed by atoms with Crippen LogP contribution in [0.4, 0.5) is 4.39 Å². The highest BCUT2D eigenvalue weighted by Crippen LogP contribution is 2.29. The van der Waals surface area contributed by atoms with E-state index in [4.69, 9.17) is 5.11 Å². The standard InChI is InChI=1S/C11H7FN2O3S/c1-5(15)9-8(11(16)17)14-10(18-9)6-2-3-13-4-7(6)12/h2-4H,1H3,(H,16,17). The summed E-state index contributed by atoms with van der Waals surface area (Å²) < 4.78 is 13.5. The number of hydrogen-bond acceptors (Lipinski definition) is 5. The van der Waals surface area contributed by atoms with E-state index in [1.165, 1.54) is 19.2 Å².